The van der Waals surface area contributed by atoms with Gasteiger partial charge in [0.05, 0.1) is 17.8 Å². The number of amides is 1. The van der Waals surface area contributed by atoms with Crippen LogP contribution >= 0.6 is 12.2 Å². The van der Waals surface area contributed by atoms with Crippen LogP contribution in [-0.2, 0) is 4.79 Å². The van der Waals surface area contributed by atoms with E-state index < -0.39 is 0 Å². The Morgan fingerprint density at radius 3 is 2.56 bits per heavy atom. The Balaban J connectivity index is 1.29. The number of carbonyl (C=O) groups is 1. The third-order valence-electron chi connectivity index (χ3n) is 7.24. The van der Waals surface area contributed by atoms with Gasteiger partial charge in [-0.25, -0.2) is 0 Å². The van der Waals surface area contributed by atoms with Gasteiger partial charge in [0, 0.05) is 47.8 Å². The monoisotopic (exact) mass is 531 g/mol. The second kappa shape index (κ2) is 10.7. The van der Waals surface area contributed by atoms with E-state index in [2.05, 4.69) is 74.6 Å². The summed E-state index contributed by atoms with van der Waals surface area (Å²) in [5.74, 6) is -0.0527. The molecule has 1 aliphatic rings. The fourth-order valence-electron chi connectivity index (χ4n) is 5.31. The van der Waals surface area contributed by atoms with Crippen LogP contribution in [0.5, 0.6) is 0 Å². The van der Waals surface area contributed by atoms with Crippen LogP contribution in [0.3, 0.4) is 0 Å². The van der Waals surface area contributed by atoms with Gasteiger partial charge in [0.1, 0.15) is 0 Å². The van der Waals surface area contributed by atoms with E-state index in [4.69, 9.17) is 12.2 Å². The summed E-state index contributed by atoms with van der Waals surface area (Å²) >= 11 is 5.84. The molecule has 5 aromatic rings. The van der Waals surface area contributed by atoms with Crippen LogP contribution < -0.4 is 10.6 Å². The largest absolute Gasteiger partial charge is 0.352 e. The van der Waals surface area contributed by atoms with Crippen molar-refractivity contribution >= 4 is 39.7 Å². The molecule has 0 aliphatic carbocycles. The molecule has 1 amide bonds. The summed E-state index contributed by atoms with van der Waals surface area (Å²) in [4.78, 5) is 19.9. The number of rotatable bonds is 7. The molecule has 0 bridgehead atoms. The molecule has 6 rings (SSSR count). The quantitative estimate of drug-likeness (QED) is 0.240. The zero-order chi connectivity index (χ0) is 26.8. The Kier molecular flexibility index (Phi) is 6.82. The lowest BCUT2D eigenvalue weighted by Crippen LogP contribution is -2.33. The molecule has 0 radical (unpaired) electrons. The molecule has 3 heterocycles. The molecule has 2 atom stereocenters. The Morgan fingerprint density at radius 2 is 1.74 bits per heavy atom. The molecule has 7 heteroatoms. The molecule has 0 spiro atoms. The minimum atomic E-state index is -0.154. The zero-order valence-electron chi connectivity index (χ0n) is 21.6. The Hall–Kier alpha value is -4.49. The summed E-state index contributed by atoms with van der Waals surface area (Å²) in [6.45, 7) is 2.55. The summed E-state index contributed by atoms with van der Waals surface area (Å²) in [7, 11) is 0. The molecule has 6 nitrogen and oxygen atoms in total. The maximum absolute atomic E-state index is 13.2. The zero-order valence-corrected chi connectivity index (χ0v) is 22.4. The average molecular weight is 532 g/mol. The third-order valence-corrected chi connectivity index (χ3v) is 7.59. The minimum Gasteiger partial charge on any atom is -0.352 e. The molecular formula is C32H29N5OS. The van der Waals surface area contributed by atoms with Crippen LogP contribution in [0.15, 0.2) is 109 Å². The second-order valence-electron chi connectivity index (χ2n) is 9.78. The number of aryl methyl sites for hydroxylation is 1. The van der Waals surface area contributed by atoms with E-state index >= 15 is 0 Å². The molecule has 0 unspecified atom stereocenters. The smallest absolute Gasteiger partial charge is 0.226 e. The highest BCUT2D eigenvalue weighted by molar-refractivity contribution is 7.80. The number of pyridine rings is 1. The lowest BCUT2D eigenvalue weighted by Gasteiger charge is -2.29. The maximum atomic E-state index is 13.2. The molecule has 2 N–H and O–H groups in total. The van der Waals surface area contributed by atoms with E-state index in [0.29, 0.717) is 18.1 Å². The Morgan fingerprint density at radius 1 is 0.949 bits per heavy atom. The van der Waals surface area contributed by atoms with Crippen LogP contribution in [0.2, 0.25) is 0 Å². The van der Waals surface area contributed by atoms with Gasteiger partial charge in [-0.15, -0.1) is 0 Å². The molecule has 2 aromatic heterocycles. The fraction of sp³-hybridized carbons (Fsp3) is 0.156. The predicted molar refractivity (Wildman–Crippen MR) is 160 cm³/mol. The highest BCUT2D eigenvalue weighted by Gasteiger charge is 2.41. The molecular weight excluding hydrogens is 502 g/mol. The van der Waals surface area contributed by atoms with Crippen molar-refractivity contribution < 1.29 is 4.79 Å². The van der Waals surface area contributed by atoms with E-state index in [0.717, 1.165) is 33.5 Å². The summed E-state index contributed by atoms with van der Waals surface area (Å²) in [5.41, 5.74) is 5.09. The third kappa shape index (κ3) is 5.01. The standard InChI is InChI=1S/C32H29N5OS/c1-22-14-16-24(17-15-22)36-20-7-13-28(36)31-30(27-11-4-5-19-33-27)35-32(39)37(31)21-18-29(38)34-26-12-6-9-23-8-2-3-10-25(23)26/h2-17,19-20,30-31H,18,21H2,1H3,(H,34,38)(H,35,39)/t30-,31-/m1/s1. The highest BCUT2D eigenvalue weighted by Crippen LogP contribution is 2.39. The summed E-state index contributed by atoms with van der Waals surface area (Å²) < 4.78 is 2.19. The van der Waals surface area contributed by atoms with E-state index in [1.54, 1.807) is 6.20 Å². The Bertz CT molecular complexity index is 1620. The van der Waals surface area contributed by atoms with Crippen LogP contribution in [-0.4, -0.2) is 32.0 Å². The van der Waals surface area contributed by atoms with Gasteiger partial charge in [-0.2, -0.15) is 0 Å². The van der Waals surface area contributed by atoms with Gasteiger partial charge in [0.25, 0.3) is 0 Å². The summed E-state index contributed by atoms with van der Waals surface area (Å²) in [6, 6.07) is 32.3. The van der Waals surface area contributed by atoms with E-state index in [1.807, 2.05) is 60.7 Å². The van der Waals surface area contributed by atoms with Crippen molar-refractivity contribution in [2.75, 3.05) is 11.9 Å². The van der Waals surface area contributed by atoms with Crippen molar-refractivity contribution in [2.45, 2.75) is 25.4 Å². The molecule has 194 valence electrons. The van der Waals surface area contributed by atoms with E-state index in [1.165, 1.54) is 5.56 Å². The van der Waals surface area contributed by atoms with Crippen molar-refractivity contribution in [3.63, 3.8) is 0 Å². The van der Waals surface area contributed by atoms with Gasteiger partial charge in [0.15, 0.2) is 5.11 Å². The van der Waals surface area contributed by atoms with Crippen LogP contribution in [0, 0.1) is 6.92 Å². The number of carbonyl (C=O) groups excluding carboxylic acids is 1. The maximum Gasteiger partial charge on any atom is 0.226 e. The molecule has 3 aromatic carbocycles. The molecule has 1 saturated heterocycles. The van der Waals surface area contributed by atoms with E-state index in [9.17, 15) is 4.79 Å². The Labute approximate surface area is 233 Å². The first kappa shape index (κ1) is 24.8. The van der Waals surface area contributed by atoms with Crippen LogP contribution in [0.4, 0.5) is 5.69 Å². The van der Waals surface area contributed by atoms with Crippen molar-refractivity contribution in [3.8, 4) is 5.69 Å². The van der Waals surface area contributed by atoms with Gasteiger partial charge in [0.2, 0.25) is 5.91 Å². The van der Waals surface area contributed by atoms with E-state index in [-0.39, 0.29) is 18.0 Å². The SMILES string of the molecule is Cc1ccc(-n2cccc2[C@@H]2[C@@H](c3ccccn3)NC(=S)N2CCC(=O)Nc2cccc3ccccc23)cc1. The minimum absolute atomic E-state index is 0.0527. The first-order valence-corrected chi connectivity index (χ1v) is 13.5. The van der Waals surface area contributed by atoms with Crippen LogP contribution in [0.25, 0.3) is 16.5 Å². The number of hydrogen-bond donors (Lipinski definition) is 2. The van der Waals surface area contributed by atoms with Crippen molar-refractivity contribution in [2.24, 2.45) is 0 Å². The first-order valence-electron chi connectivity index (χ1n) is 13.1. The second-order valence-corrected chi connectivity index (χ2v) is 10.2. The summed E-state index contributed by atoms with van der Waals surface area (Å²) in [6.07, 6.45) is 4.17. The normalized spacial score (nSPS) is 16.8. The lowest BCUT2D eigenvalue weighted by atomic mass is 10.0. The number of nitrogens with one attached hydrogen (secondary N) is 2. The lowest BCUT2D eigenvalue weighted by molar-refractivity contribution is -0.116. The molecule has 39 heavy (non-hydrogen) atoms. The first-order chi connectivity index (χ1) is 19.1. The number of hydrogen-bond acceptors (Lipinski definition) is 3. The highest BCUT2D eigenvalue weighted by atomic mass is 32.1. The number of fused-ring (bicyclic) bond motifs is 1. The molecule has 0 saturated carbocycles. The van der Waals surface area contributed by atoms with Gasteiger partial charge < -0.3 is 20.1 Å². The number of benzene rings is 3. The van der Waals surface area contributed by atoms with Gasteiger partial charge in [-0.3, -0.25) is 9.78 Å². The topological polar surface area (TPSA) is 62.2 Å². The van der Waals surface area contributed by atoms with Gasteiger partial charge >= 0.3 is 0 Å². The number of thiocarbonyl (C=S) groups is 1. The number of aromatic nitrogens is 2. The predicted octanol–water partition coefficient (Wildman–Crippen LogP) is 6.34. The fourth-order valence-corrected chi connectivity index (χ4v) is 5.64. The number of anilines is 1. The van der Waals surface area contributed by atoms with Crippen molar-refractivity contribution in [1.82, 2.24) is 19.8 Å². The van der Waals surface area contributed by atoms with Gasteiger partial charge in [-0.1, -0.05) is 60.2 Å². The molecule has 1 fully saturated rings. The van der Waals surface area contributed by atoms with Crippen molar-refractivity contribution in [1.29, 1.82) is 0 Å². The summed E-state index contributed by atoms with van der Waals surface area (Å²) in [5, 5.41) is 9.34. The van der Waals surface area contributed by atoms with Crippen LogP contribution in [0.1, 0.15) is 35.5 Å². The van der Waals surface area contributed by atoms with Gasteiger partial charge in [-0.05, 0) is 67.0 Å². The molecule has 1 aliphatic heterocycles. The van der Waals surface area contributed by atoms with Crippen molar-refractivity contribution in [3.05, 3.63) is 126 Å². The number of nitrogens with zero attached hydrogens (tertiary/aromatic N) is 3. The average Bonchev–Trinajstić information content (AvgIpc) is 3.57.